The van der Waals surface area contributed by atoms with Gasteiger partial charge in [0.1, 0.15) is 17.7 Å². The van der Waals surface area contributed by atoms with Crippen LogP contribution in [0.25, 0.3) is 10.8 Å². The number of carbonyl (C=O) groups excluding carboxylic acids is 4. The SMILES string of the molecule is CC[C@H](C)[C@@H](CO)NC(=O)C[C@H](O)[C@H](CC(C)C)NC(=O)[C@H](Cc1cnc[nH]1)NC(=O)[C@H](Cc1cccc2ccccc12)NC(=O)OC(C)(C)C. The van der Waals surface area contributed by atoms with Gasteiger partial charge in [0.2, 0.25) is 17.7 Å². The average Bonchev–Trinajstić information content (AvgIpc) is 3.58. The predicted octanol–water partition coefficient (Wildman–Crippen LogP) is 3.53. The normalized spacial score (nSPS) is 15.3. The first-order valence-electron chi connectivity index (χ1n) is 17.7. The lowest BCUT2D eigenvalue weighted by molar-refractivity contribution is -0.131. The molecule has 0 fully saturated rings. The summed E-state index contributed by atoms with van der Waals surface area (Å²) in [5, 5.41) is 34.0. The van der Waals surface area contributed by atoms with E-state index in [1.54, 1.807) is 27.0 Å². The molecule has 0 saturated heterocycles. The summed E-state index contributed by atoms with van der Waals surface area (Å²) >= 11 is 0. The zero-order chi connectivity index (χ0) is 37.7. The standard InChI is InChI=1S/C38H56N6O7/c1-8-24(4)32(21-45)41-34(47)19-33(46)29(16-23(2)3)42-36(49)31(18-27-20-39-22-40-27)43-35(48)30(44-37(50)51-38(5,6)7)17-26-14-11-13-25-12-9-10-15-28(25)26/h9-15,20,22-24,29-33,45-46H,8,16-19,21H2,1-7H3,(H,39,40)(H,41,47)(H,42,49)(H,43,48)(H,44,50)/t24-,29-,30-,31-,32+,33-/m0/s1. The summed E-state index contributed by atoms with van der Waals surface area (Å²) in [6.45, 7) is 12.7. The van der Waals surface area contributed by atoms with E-state index >= 15 is 0 Å². The van der Waals surface area contributed by atoms with Crippen LogP contribution in [0.5, 0.6) is 0 Å². The molecule has 0 unspecified atom stereocenters. The summed E-state index contributed by atoms with van der Waals surface area (Å²) in [6, 6.07) is 9.89. The van der Waals surface area contributed by atoms with Gasteiger partial charge in [-0.2, -0.15) is 0 Å². The molecule has 0 aliphatic carbocycles. The minimum atomic E-state index is -1.25. The third-order valence-corrected chi connectivity index (χ3v) is 8.71. The molecule has 3 rings (SSSR count). The summed E-state index contributed by atoms with van der Waals surface area (Å²) in [7, 11) is 0. The van der Waals surface area contributed by atoms with E-state index < -0.39 is 59.7 Å². The van der Waals surface area contributed by atoms with E-state index in [0.717, 1.165) is 22.8 Å². The van der Waals surface area contributed by atoms with Crippen molar-refractivity contribution in [2.45, 2.75) is 116 Å². The van der Waals surface area contributed by atoms with Crippen LogP contribution in [-0.4, -0.2) is 86.5 Å². The highest BCUT2D eigenvalue weighted by atomic mass is 16.6. The van der Waals surface area contributed by atoms with Gasteiger partial charge in [-0.3, -0.25) is 14.4 Å². The molecule has 0 radical (unpaired) electrons. The molecule has 1 heterocycles. The first-order chi connectivity index (χ1) is 24.1. The van der Waals surface area contributed by atoms with Crippen molar-refractivity contribution in [2.75, 3.05) is 6.61 Å². The smallest absolute Gasteiger partial charge is 0.408 e. The number of benzene rings is 2. The highest BCUT2D eigenvalue weighted by molar-refractivity contribution is 5.93. The number of hydrogen-bond acceptors (Lipinski definition) is 8. The number of rotatable bonds is 18. The average molecular weight is 709 g/mol. The Hall–Kier alpha value is -4.49. The lowest BCUT2D eigenvalue weighted by Gasteiger charge is -2.29. The van der Waals surface area contributed by atoms with Crippen LogP contribution < -0.4 is 21.3 Å². The minimum Gasteiger partial charge on any atom is -0.444 e. The molecule has 6 atom stereocenters. The van der Waals surface area contributed by atoms with Crippen molar-refractivity contribution in [3.05, 3.63) is 66.2 Å². The summed E-state index contributed by atoms with van der Waals surface area (Å²) in [5.41, 5.74) is 0.569. The second-order valence-electron chi connectivity index (χ2n) is 14.6. The van der Waals surface area contributed by atoms with Crippen LogP contribution in [0.3, 0.4) is 0 Å². The molecule has 4 amide bonds. The van der Waals surface area contributed by atoms with Crippen LogP contribution >= 0.6 is 0 Å². The Morgan fingerprint density at radius 1 is 0.882 bits per heavy atom. The molecule has 3 aromatic rings. The van der Waals surface area contributed by atoms with Crippen LogP contribution in [0.4, 0.5) is 4.79 Å². The molecular weight excluding hydrogens is 652 g/mol. The van der Waals surface area contributed by atoms with Gasteiger partial charge in [0.05, 0.1) is 37.5 Å². The molecule has 280 valence electrons. The maximum atomic E-state index is 14.1. The van der Waals surface area contributed by atoms with Gasteiger partial charge in [0.25, 0.3) is 0 Å². The maximum Gasteiger partial charge on any atom is 0.408 e. The van der Waals surface area contributed by atoms with Crippen molar-refractivity contribution < 1.29 is 34.1 Å². The first-order valence-corrected chi connectivity index (χ1v) is 17.7. The molecule has 7 N–H and O–H groups in total. The number of carbonyl (C=O) groups is 4. The third-order valence-electron chi connectivity index (χ3n) is 8.71. The first kappa shape index (κ1) is 40.9. The number of ether oxygens (including phenoxy) is 1. The van der Waals surface area contributed by atoms with Crippen molar-refractivity contribution in [3.8, 4) is 0 Å². The van der Waals surface area contributed by atoms with Crippen molar-refractivity contribution in [2.24, 2.45) is 11.8 Å². The van der Waals surface area contributed by atoms with E-state index in [-0.39, 0.29) is 37.7 Å². The number of aliphatic hydroxyl groups excluding tert-OH is 2. The van der Waals surface area contributed by atoms with E-state index in [9.17, 15) is 29.4 Å². The van der Waals surface area contributed by atoms with Gasteiger partial charge in [-0.15, -0.1) is 0 Å². The Bertz CT molecular complexity index is 1570. The van der Waals surface area contributed by atoms with Gasteiger partial charge in [-0.05, 0) is 55.4 Å². The number of aromatic nitrogens is 2. The molecule has 0 aliphatic heterocycles. The van der Waals surface area contributed by atoms with Crippen LogP contribution in [0.2, 0.25) is 0 Å². The topological polar surface area (TPSA) is 195 Å². The number of imidazole rings is 1. The fourth-order valence-electron chi connectivity index (χ4n) is 5.80. The van der Waals surface area contributed by atoms with E-state index in [4.69, 9.17) is 4.74 Å². The molecule has 13 nitrogen and oxygen atoms in total. The number of aromatic amines is 1. The second-order valence-corrected chi connectivity index (χ2v) is 14.6. The zero-order valence-corrected chi connectivity index (χ0v) is 30.9. The van der Waals surface area contributed by atoms with Crippen LogP contribution in [0.1, 0.15) is 79.0 Å². The van der Waals surface area contributed by atoms with E-state index in [0.29, 0.717) is 12.1 Å². The molecule has 2 aromatic carbocycles. The van der Waals surface area contributed by atoms with Gasteiger partial charge in [0.15, 0.2) is 0 Å². The van der Waals surface area contributed by atoms with Crippen LogP contribution in [0, 0.1) is 11.8 Å². The molecule has 0 aliphatic rings. The number of H-pyrrole nitrogens is 1. The molecule has 0 saturated carbocycles. The van der Waals surface area contributed by atoms with Crippen molar-refractivity contribution in [1.82, 2.24) is 31.2 Å². The monoisotopic (exact) mass is 708 g/mol. The summed E-state index contributed by atoms with van der Waals surface area (Å²) in [4.78, 5) is 60.9. The number of nitrogens with zero attached hydrogens (tertiary/aromatic N) is 1. The second kappa shape index (κ2) is 19.2. The summed E-state index contributed by atoms with van der Waals surface area (Å²) < 4.78 is 5.48. The summed E-state index contributed by atoms with van der Waals surface area (Å²) in [5.74, 6) is -1.58. The lowest BCUT2D eigenvalue weighted by atomic mass is 9.95. The van der Waals surface area contributed by atoms with Crippen LogP contribution in [0.15, 0.2) is 55.0 Å². The Labute approximate surface area is 300 Å². The molecule has 13 heteroatoms. The van der Waals surface area contributed by atoms with Crippen molar-refractivity contribution in [3.63, 3.8) is 0 Å². The number of amides is 4. The van der Waals surface area contributed by atoms with Gasteiger partial charge >= 0.3 is 6.09 Å². The molecule has 1 aromatic heterocycles. The fourth-order valence-corrected chi connectivity index (χ4v) is 5.80. The van der Waals surface area contributed by atoms with Gasteiger partial charge in [0, 0.05) is 24.7 Å². The number of nitrogens with one attached hydrogen (secondary N) is 5. The lowest BCUT2D eigenvalue weighted by Crippen LogP contribution is -2.58. The highest BCUT2D eigenvalue weighted by Gasteiger charge is 2.33. The minimum absolute atomic E-state index is 0.0308. The predicted molar refractivity (Wildman–Crippen MR) is 196 cm³/mol. The Kier molecular flexibility index (Phi) is 15.4. The Morgan fingerprint density at radius 2 is 1.55 bits per heavy atom. The zero-order valence-electron chi connectivity index (χ0n) is 30.9. The maximum absolute atomic E-state index is 14.1. The Balaban J connectivity index is 1.86. The van der Waals surface area contributed by atoms with Crippen molar-refractivity contribution in [1.29, 1.82) is 0 Å². The number of fused-ring (bicyclic) bond motifs is 1. The van der Waals surface area contributed by atoms with E-state index in [1.165, 1.54) is 6.33 Å². The highest BCUT2D eigenvalue weighted by Crippen LogP contribution is 2.21. The van der Waals surface area contributed by atoms with Gasteiger partial charge in [-0.25, -0.2) is 9.78 Å². The molecular formula is C38H56N6O7. The largest absolute Gasteiger partial charge is 0.444 e. The third kappa shape index (κ3) is 13.3. The molecule has 0 bridgehead atoms. The number of alkyl carbamates (subject to hydrolysis) is 1. The van der Waals surface area contributed by atoms with Gasteiger partial charge < -0.3 is 41.2 Å². The van der Waals surface area contributed by atoms with Gasteiger partial charge in [-0.1, -0.05) is 76.6 Å². The summed E-state index contributed by atoms with van der Waals surface area (Å²) in [6.07, 6.45) is 1.92. The molecule has 0 spiro atoms. The quantitative estimate of drug-likeness (QED) is 0.104. The van der Waals surface area contributed by atoms with E-state index in [2.05, 4.69) is 31.2 Å². The van der Waals surface area contributed by atoms with Crippen LogP contribution in [-0.2, 0) is 32.0 Å². The fraction of sp³-hybridized carbons (Fsp3) is 0.553. The van der Waals surface area contributed by atoms with Crippen molar-refractivity contribution >= 4 is 34.6 Å². The molecule has 51 heavy (non-hydrogen) atoms. The number of hydrogen-bond donors (Lipinski definition) is 7. The number of aliphatic hydroxyl groups is 2. The van der Waals surface area contributed by atoms with E-state index in [1.807, 2.05) is 70.2 Å². The Morgan fingerprint density at radius 3 is 2.18 bits per heavy atom.